The van der Waals surface area contributed by atoms with Crippen molar-refractivity contribution in [3.8, 4) is 0 Å². The molecule has 8 rings (SSSR count). The van der Waals surface area contributed by atoms with Gasteiger partial charge in [-0.25, -0.2) is 4.79 Å². The van der Waals surface area contributed by atoms with E-state index >= 15 is 0 Å². The molecule has 0 bridgehead atoms. The summed E-state index contributed by atoms with van der Waals surface area (Å²) in [7, 11) is 0. The fourth-order valence-electron chi connectivity index (χ4n) is 9.56. The maximum Gasteiger partial charge on any atom is 0.407 e. The molecular formula is C59H68Cl3NO14. The summed E-state index contributed by atoms with van der Waals surface area (Å²) < 4.78 is 78.3. The largest absolute Gasteiger partial charge is 0.445 e. The zero-order valence-electron chi connectivity index (χ0n) is 43.2. The lowest BCUT2D eigenvalue weighted by atomic mass is 9.94. The van der Waals surface area contributed by atoms with E-state index in [0.717, 1.165) is 27.8 Å². The Bertz CT molecular complexity index is 2450. The predicted molar refractivity (Wildman–Crippen MR) is 289 cm³/mol. The third-order valence-electron chi connectivity index (χ3n) is 13.3. The van der Waals surface area contributed by atoms with Gasteiger partial charge in [-0.3, -0.25) is 0 Å². The van der Waals surface area contributed by atoms with E-state index in [1.807, 2.05) is 159 Å². The first-order valence-electron chi connectivity index (χ1n) is 25.8. The highest BCUT2D eigenvalue weighted by Crippen LogP contribution is 2.38. The fourth-order valence-corrected chi connectivity index (χ4v) is 9.72. The smallest absolute Gasteiger partial charge is 0.407 e. The number of alkyl carbamates (subject to hydrolysis) is 1. The number of hydrogen-bond donors (Lipinski definition) is 2. The Kier molecular flexibility index (Phi) is 22.2. The first-order chi connectivity index (χ1) is 37.3. The summed E-state index contributed by atoms with van der Waals surface area (Å²) in [4.78, 5) is 13.9. The molecule has 1 amide bonds. The van der Waals surface area contributed by atoms with Gasteiger partial charge < -0.3 is 67.3 Å². The van der Waals surface area contributed by atoms with Crippen LogP contribution in [0.3, 0.4) is 0 Å². The van der Waals surface area contributed by atoms with Crippen molar-refractivity contribution in [1.82, 2.24) is 5.32 Å². The van der Waals surface area contributed by atoms with Gasteiger partial charge in [0.1, 0.15) is 55.4 Å². The van der Waals surface area contributed by atoms with E-state index in [1.54, 1.807) is 19.9 Å². The highest BCUT2D eigenvalue weighted by Gasteiger charge is 2.56. The van der Waals surface area contributed by atoms with E-state index in [2.05, 4.69) is 11.9 Å². The van der Waals surface area contributed by atoms with Crippen molar-refractivity contribution in [2.45, 2.75) is 150 Å². The summed E-state index contributed by atoms with van der Waals surface area (Å²) in [5, 5.41) is 14.8. The van der Waals surface area contributed by atoms with Gasteiger partial charge in [-0.05, 0) is 48.6 Å². The molecule has 3 saturated heterocycles. The molecular weight excluding hydrogens is 1050 g/mol. The van der Waals surface area contributed by atoms with Crippen molar-refractivity contribution >= 4 is 40.9 Å². The number of nitrogens with one attached hydrogen (secondary N) is 1. The number of alkyl halides is 3. The summed E-state index contributed by atoms with van der Waals surface area (Å²) in [6, 6.07) is 47.0. The lowest BCUT2D eigenvalue weighted by molar-refractivity contribution is -0.390. The van der Waals surface area contributed by atoms with Crippen LogP contribution < -0.4 is 5.32 Å². The number of carbonyl (C=O) groups is 1. The molecule has 3 aliphatic rings. The number of amides is 1. The van der Waals surface area contributed by atoms with Gasteiger partial charge in [0.15, 0.2) is 18.9 Å². The van der Waals surface area contributed by atoms with Crippen LogP contribution in [-0.4, -0.2) is 120 Å². The number of ether oxygens (including phenoxy) is 12. The third-order valence-corrected chi connectivity index (χ3v) is 13.7. The van der Waals surface area contributed by atoms with Crippen molar-refractivity contribution in [1.29, 1.82) is 0 Å². The number of halogens is 3. The molecule has 3 fully saturated rings. The average Bonchev–Trinajstić information content (AvgIpc) is 3.43. The van der Waals surface area contributed by atoms with Crippen LogP contribution in [0.5, 0.6) is 0 Å². The summed E-state index contributed by atoms with van der Waals surface area (Å²) in [5.74, 6) is 0. The Labute approximate surface area is 465 Å². The maximum absolute atomic E-state index is 13.9. The highest BCUT2D eigenvalue weighted by molar-refractivity contribution is 6.67. The zero-order chi connectivity index (χ0) is 54.2. The Morgan fingerprint density at radius 2 is 0.870 bits per heavy atom. The Hall–Kier alpha value is -4.50. The van der Waals surface area contributed by atoms with E-state index in [0.29, 0.717) is 0 Å². The molecule has 0 aromatic heterocycles. The first-order valence-corrected chi connectivity index (χ1v) is 26.9. The van der Waals surface area contributed by atoms with Crippen LogP contribution in [0.2, 0.25) is 0 Å². The van der Waals surface area contributed by atoms with Crippen LogP contribution in [0, 0.1) is 0 Å². The molecule has 3 heterocycles. The molecule has 0 saturated carbocycles. The monoisotopic (exact) mass is 1120 g/mol. The molecule has 15 atom stereocenters. The van der Waals surface area contributed by atoms with E-state index in [4.69, 9.17) is 91.6 Å². The van der Waals surface area contributed by atoms with Crippen molar-refractivity contribution in [3.05, 3.63) is 192 Å². The highest BCUT2D eigenvalue weighted by atomic mass is 35.6. The van der Waals surface area contributed by atoms with Crippen LogP contribution in [0.4, 0.5) is 4.79 Å². The third kappa shape index (κ3) is 17.0. The first kappa shape index (κ1) is 58.6. The van der Waals surface area contributed by atoms with Crippen LogP contribution in [0.15, 0.2) is 164 Å². The van der Waals surface area contributed by atoms with Crippen molar-refractivity contribution in [3.63, 3.8) is 0 Å². The summed E-state index contributed by atoms with van der Waals surface area (Å²) >= 11 is 18.2. The van der Waals surface area contributed by atoms with Crippen LogP contribution >= 0.6 is 34.8 Å². The molecule has 0 radical (unpaired) electrons. The minimum absolute atomic E-state index is 0.0476. The molecule has 77 heavy (non-hydrogen) atoms. The number of rotatable bonds is 24. The summed E-state index contributed by atoms with van der Waals surface area (Å²) in [6.45, 7) is 9.64. The van der Waals surface area contributed by atoms with E-state index < -0.39 is 109 Å². The van der Waals surface area contributed by atoms with Gasteiger partial charge >= 0.3 is 6.09 Å². The lowest BCUT2D eigenvalue weighted by Gasteiger charge is -2.51. The minimum atomic E-state index is -1.90. The van der Waals surface area contributed by atoms with Gasteiger partial charge in [-0.15, -0.1) is 6.58 Å². The second-order valence-electron chi connectivity index (χ2n) is 19.1. The van der Waals surface area contributed by atoms with Gasteiger partial charge in [-0.1, -0.05) is 193 Å². The Morgan fingerprint density at radius 1 is 0.506 bits per heavy atom. The second-order valence-corrected chi connectivity index (χ2v) is 21.6. The maximum atomic E-state index is 13.9. The fraction of sp³-hybridized carbons (Fsp3) is 0.441. The molecule has 0 aliphatic carbocycles. The molecule has 2 N–H and O–H groups in total. The Balaban J connectivity index is 1.19. The number of benzene rings is 5. The van der Waals surface area contributed by atoms with E-state index in [-0.39, 0.29) is 39.6 Å². The molecule has 18 heteroatoms. The molecule has 3 aliphatic heterocycles. The van der Waals surface area contributed by atoms with Gasteiger partial charge in [0.2, 0.25) is 3.79 Å². The van der Waals surface area contributed by atoms with Crippen molar-refractivity contribution in [2.75, 3.05) is 13.2 Å². The average molecular weight is 1120 g/mol. The zero-order valence-corrected chi connectivity index (χ0v) is 45.5. The number of carbonyl (C=O) groups excluding carboxylic acids is 1. The molecule has 0 spiro atoms. The van der Waals surface area contributed by atoms with Gasteiger partial charge in [-0.2, -0.15) is 0 Å². The number of aliphatic hydroxyl groups excluding tert-OH is 1. The second kappa shape index (κ2) is 29.1. The number of aliphatic hydroxyl groups is 1. The molecule has 5 aromatic rings. The van der Waals surface area contributed by atoms with Gasteiger partial charge in [0.05, 0.1) is 64.0 Å². The molecule has 414 valence electrons. The van der Waals surface area contributed by atoms with Crippen molar-refractivity contribution in [2.24, 2.45) is 0 Å². The minimum Gasteiger partial charge on any atom is -0.445 e. The molecule has 15 nitrogen and oxygen atoms in total. The SMILES string of the molecule is C=CCO[C@@H]1[C@H](O[C@H]2O[C@H](C)[C@H](OCc3ccccc3)[C@H](NC(=O)OCC(Cl)(Cl)Cl)[C@H]2OCc2ccccc2)[C@H](O[C@H]2[C@H](OCc3ccccc3)[C@@H](C)OC(O)[C@H]2OCc2ccccc2)O[C@H](C)[C@H]1OCc1ccccc1. The Morgan fingerprint density at radius 3 is 1.31 bits per heavy atom. The number of hydrogen-bond acceptors (Lipinski definition) is 14. The quantitative estimate of drug-likeness (QED) is 0.0444. The topological polar surface area (TPSA) is 160 Å². The summed E-state index contributed by atoms with van der Waals surface area (Å²) in [5.41, 5.74) is 4.36. The van der Waals surface area contributed by atoms with Crippen LogP contribution in [0.25, 0.3) is 0 Å². The standard InChI is InChI=1S/C59H68Cl3NO14/c1-5-31-66-51-48(68-33-42-23-13-7-14-24-42)40(4)75-57(76-52-49(69-34-43-25-15-8-16-26-43)39(3)73-55(64)53(52)71-36-45-29-19-10-20-30-45)54(51)77-56-50(70-35-44-27-17-9-18-28-44)46(63-58(65)72-37-59(60,61)62)47(38(2)74-56)67-32-41-21-11-6-12-22-41/h5-30,38-40,46-57,64H,1,31-37H2,2-4H3,(H,63,65)/t38-,39-,40-,46+,47+,48-,49-,50-,51+,52+,53+,54+,55?,56-,57+/m1/s1. The normalized spacial score (nSPS) is 29.6. The van der Waals surface area contributed by atoms with Gasteiger partial charge in [0, 0.05) is 0 Å². The van der Waals surface area contributed by atoms with Crippen molar-refractivity contribution < 1.29 is 66.7 Å². The summed E-state index contributed by atoms with van der Waals surface area (Å²) in [6.07, 6.45) is -13.5. The predicted octanol–water partition coefficient (Wildman–Crippen LogP) is 9.95. The van der Waals surface area contributed by atoms with E-state index in [1.165, 1.54) is 0 Å². The van der Waals surface area contributed by atoms with Gasteiger partial charge in [0.25, 0.3) is 0 Å². The lowest BCUT2D eigenvalue weighted by Crippen LogP contribution is -2.68. The molecule has 1 unspecified atom stereocenters. The van der Waals surface area contributed by atoms with Crippen LogP contribution in [0.1, 0.15) is 48.6 Å². The van der Waals surface area contributed by atoms with Crippen LogP contribution in [-0.2, 0) is 89.9 Å². The molecule has 5 aromatic carbocycles. The van der Waals surface area contributed by atoms with E-state index in [9.17, 15) is 9.90 Å².